The van der Waals surface area contributed by atoms with Crippen molar-refractivity contribution in [2.75, 3.05) is 26.2 Å². The molecule has 136 valence electrons. The van der Waals surface area contributed by atoms with Crippen molar-refractivity contribution in [1.82, 2.24) is 9.80 Å². The topological polar surface area (TPSA) is 83.8 Å². The zero-order valence-electron chi connectivity index (χ0n) is 14.6. The number of thiophene rings is 1. The van der Waals surface area contributed by atoms with Crippen LogP contribution in [-0.2, 0) is 0 Å². The lowest BCUT2D eigenvalue weighted by molar-refractivity contribution is -0.385. The Morgan fingerprint density at radius 2 is 1.54 bits per heavy atom. The number of carbonyl (C=O) groups is 2. The number of hydrogen-bond donors (Lipinski definition) is 0. The standard InChI is InChI=1S/C18H19N3O4S/c1-12-3-5-14(6-4-12)17(22)19-7-9-20(10-8-19)18(23)16-11-15(21(24)25)13(2)26-16/h3-6,11H,7-10H2,1-2H3. The van der Waals surface area contributed by atoms with Crippen LogP contribution in [0, 0.1) is 24.0 Å². The van der Waals surface area contributed by atoms with Crippen LogP contribution < -0.4 is 0 Å². The van der Waals surface area contributed by atoms with Gasteiger partial charge in [0.1, 0.15) is 0 Å². The van der Waals surface area contributed by atoms with Crippen LogP contribution in [0.2, 0.25) is 0 Å². The molecule has 1 fully saturated rings. The van der Waals surface area contributed by atoms with E-state index in [0.717, 1.165) is 16.9 Å². The third kappa shape index (κ3) is 3.60. The number of rotatable bonds is 3. The highest BCUT2D eigenvalue weighted by Crippen LogP contribution is 2.29. The van der Waals surface area contributed by atoms with Gasteiger partial charge in [0, 0.05) is 37.8 Å². The summed E-state index contributed by atoms with van der Waals surface area (Å²) in [6.07, 6.45) is 0. The van der Waals surface area contributed by atoms with Crippen LogP contribution in [-0.4, -0.2) is 52.7 Å². The molecule has 1 aromatic heterocycles. The van der Waals surface area contributed by atoms with Crippen molar-refractivity contribution < 1.29 is 14.5 Å². The molecule has 0 N–H and O–H groups in total. The molecule has 0 radical (unpaired) electrons. The van der Waals surface area contributed by atoms with E-state index in [4.69, 9.17) is 0 Å². The minimum atomic E-state index is -0.471. The van der Waals surface area contributed by atoms with Gasteiger partial charge in [0.25, 0.3) is 17.5 Å². The Kier molecular flexibility index (Phi) is 5.03. The van der Waals surface area contributed by atoms with Gasteiger partial charge in [-0.05, 0) is 26.0 Å². The van der Waals surface area contributed by atoms with Crippen molar-refractivity contribution in [2.24, 2.45) is 0 Å². The van der Waals surface area contributed by atoms with Crippen molar-refractivity contribution in [3.8, 4) is 0 Å². The summed E-state index contributed by atoms with van der Waals surface area (Å²) in [5.41, 5.74) is 1.71. The molecule has 0 spiro atoms. The Morgan fingerprint density at radius 1 is 1.00 bits per heavy atom. The van der Waals surface area contributed by atoms with E-state index in [-0.39, 0.29) is 17.5 Å². The van der Waals surface area contributed by atoms with E-state index < -0.39 is 4.92 Å². The fourth-order valence-electron chi connectivity index (χ4n) is 2.91. The summed E-state index contributed by atoms with van der Waals surface area (Å²) < 4.78 is 0. The highest BCUT2D eigenvalue weighted by Gasteiger charge is 2.28. The summed E-state index contributed by atoms with van der Waals surface area (Å²) in [5.74, 6) is -0.256. The third-order valence-electron chi connectivity index (χ3n) is 4.45. The molecule has 2 aromatic rings. The van der Waals surface area contributed by atoms with E-state index in [9.17, 15) is 19.7 Å². The number of nitro groups is 1. The predicted molar refractivity (Wildman–Crippen MR) is 98.7 cm³/mol. The molecular weight excluding hydrogens is 354 g/mol. The van der Waals surface area contributed by atoms with Crippen LogP contribution in [0.25, 0.3) is 0 Å². The zero-order valence-corrected chi connectivity index (χ0v) is 15.4. The first-order valence-electron chi connectivity index (χ1n) is 8.27. The minimum Gasteiger partial charge on any atom is -0.335 e. The minimum absolute atomic E-state index is 0.0217. The van der Waals surface area contributed by atoms with E-state index in [1.807, 2.05) is 31.2 Å². The molecule has 3 rings (SSSR count). The second-order valence-electron chi connectivity index (χ2n) is 6.26. The van der Waals surface area contributed by atoms with E-state index in [1.165, 1.54) is 6.07 Å². The summed E-state index contributed by atoms with van der Waals surface area (Å²) in [6, 6.07) is 8.76. The van der Waals surface area contributed by atoms with Crippen molar-refractivity contribution in [3.05, 3.63) is 61.3 Å². The fourth-order valence-corrected chi connectivity index (χ4v) is 3.86. The van der Waals surface area contributed by atoms with Gasteiger partial charge in [0.2, 0.25) is 0 Å². The molecule has 1 aliphatic rings. The molecule has 8 heteroatoms. The summed E-state index contributed by atoms with van der Waals surface area (Å²) in [5, 5.41) is 11.0. The van der Waals surface area contributed by atoms with Gasteiger partial charge in [-0.15, -0.1) is 11.3 Å². The Hall–Kier alpha value is -2.74. The van der Waals surface area contributed by atoms with Crippen LogP contribution in [0.3, 0.4) is 0 Å². The maximum Gasteiger partial charge on any atom is 0.283 e. The maximum atomic E-state index is 12.6. The van der Waals surface area contributed by atoms with Gasteiger partial charge in [0.05, 0.1) is 14.7 Å². The summed E-state index contributed by atoms with van der Waals surface area (Å²) >= 11 is 1.14. The molecule has 1 saturated heterocycles. The van der Waals surface area contributed by atoms with Crippen LogP contribution >= 0.6 is 11.3 Å². The molecule has 1 aliphatic heterocycles. The quantitative estimate of drug-likeness (QED) is 0.612. The molecule has 2 amide bonds. The molecule has 26 heavy (non-hydrogen) atoms. The first-order valence-corrected chi connectivity index (χ1v) is 9.08. The molecule has 2 heterocycles. The average Bonchev–Trinajstić information content (AvgIpc) is 3.03. The molecule has 0 unspecified atom stereocenters. The van der Waals surface area contributed by atoms with Crippen LogP contribution in [0.5, 0.6) is 0 Å². The van der Waals surface area contributed by atoms with Crippen LogP contribution in [0.1, 0.15) is 30.5 Å². The molecule has 0 bridgehead atoms. The van der Waals surface area contributed by atoms with Gasteiger partial charge in [-0.25, -0.2) is 0 Å². The molecule has 0 aliphatic carbocycles. The third-order valence-corrected chi connectivity index (χ3v) is 5.48. The predicted octanol–water partition coefficient (Wildman–Crippen LogP) is 2.87. The van der Waals surface area contributed by atoms with Crippen molar-refractivity contribution >= 4 is 28.8 Å². The van der Waals surface area contributed by atoms with Gasteiger partial charge in [-0.1, -0.05) is 17.7 Å². The highest BCUT2D eigenvalue weighted by molar-refractivity contribution is 7.14. The zero-order chi connectivity index (χ0) is 18.8. The van der Waals surface area contributed by atoms with Crippen molar-refractivity contribution in [2.45, 2.75) is 13.8 Å². The number of piperazine rings is 1. The van der Waals surface area contributed by atoms with Gasteiger partial charge < -0.3 is 9.80 Å². The molecule has 0 atom stereocenters. The van der Waals surface area contributed by atoms with Crippen molar-refractivity contribution in [1.29, 1.82) is 0 Å². The van der Waals surface area contributed by atoms with Gasteiger partial charge in [0.15, 0.2) is 0 Å². The highest BCUT2D eigenvalue weighted by atomic mass is 32.1. The van der Waals surface area contributed by atoms with Gasteiger partial charge in [-0.2, -0.15) is 0 Å². The Labute approximate surface area is 155 Å². The number of hydrogen-bond acceptors (Lipinski definition) is 5. The lowest BCUT2D eigenvalue weighted by Crippen LogP contribution is -2.50. The van der Waals surface area contributed by atoms with Gasteiger partial charge >= 0.3 is 0 Å². The van der Waals surface area contributed by atoms with Crippen LogP contribution in [0.4, 0.5) is 5.69 Å². The first kappa shape index (κ1) is 18.1. The normalized spacial score (nSPS) is 14.4. The van der Waals surface area contributed by atoms with Crippen molar-refractivity contribution in [3.63, 3.8) is 0 Å². The smallest absolute Gasteiger partial charge is 0.283 e. The first-order chi connectivity index (χ1) is 12.4. The second-order valence-corrected chi connectivity index (χ2v) is 7.52. The second kappa shape index (κ2) is 7.25. The van der Waals surface area contributed by atoms with E-state index in [1.54, 1.807) is 16.7 Å². The number of amides is 2. The fraction of sp³-hybridized carbons (Fsp3) is 0.333. The number of nitrogens with zero attached hydrogens (tertiary/aromatic N) is 3. The molecule has 7 nitrogen and oxygen atoms in total. The Bertz CT molecular complexity index is 852. The summed E-state index contributed by atoms with van der Waals surface area (Å²) in [4.78, 5) is 39.9. The average molecular weight is 373 g/mol. The van der Waals surface area contributed by atoms with E-state index >= 15 is 0 Å². The number of aryl methyl sites for hydroxylation is 2. The SMILES string of the molecule is Cc1ccc(C(=O)N2CCN(C(=O)c3cc([N+](=O)[O-])c(C)s3)CC2)cc1. The number of carbonyl (C=O) groups excluding carboxylic acids is 2. The van der Waals surface area contributed by atoms with E-state index in [2.05, 4.69) is 0 Å². The molecule has 1 aromatic carbocycles. The number of benzene rings is 1. The Balaban J connectivity index is 1.63. The lowest BCUT2D eigenvalue weighted by Gasteiger charge is -2.34. The van der Waals surface area contributed by atoms with E-state index in [0.29, 0.717) is 41.5 Å². The Morgan fingerprint density at radius 3 is 2.04 bits per heavy atom. The summed E-state index contributed by atoms with van der Waals surface area (Å²) in [7, 11) is 0. The largest absolute Gasteiger partial charge is 0.335 e. The van der Waals surface area contributed by atoms with Gasteiger partial charge in [-0.3, -0.25) is 19.7 Å². The summed E-state index contributed by atoms with van der Waals surface area (Å²) in [6.45, 7) is 5.34. The van der Waals surface area contributed by atoms with Crippen LogP contribution in [0.15, 0.2) is 30.3 Å². The molecule has 0 saturated carbocycles. The monoisotopic (exact) mass is 373 g/mol. The lowest BCUT2D eigenvalue weighted by atomic mass is 10.1. The molecular formula is C18H19N3O4S. The maximum absolute atomic E-state index is 12.6.